The van der Waals surface area contributed by atoms with Crippen molar-refractivity contribution in [2.24, 2.45) is 10.1 Å². The van der Waals surface area contributed by atoms with E-state index in [1.54, 1.807) is 6.21 Å². The minimum absolute atomic E-state index is 0.116. The predicted molar refractivity (Wildman–Crippen MR) is 130 cm³/mol. The second kappa shape index (κ2) is 10.3. The summed E-state index contributed by atoms with van der Waals surface area (Å²) in [4.78, 5) is 28.9. The molecule has 10 heteroatoms. The Morgan fingerprint density at radius 3 is 2.74 bits per heavy atom. The molecule has 0 radical (unpaired) electrons. The van der Waals surface area contributed by atoms with Crippen LogP contribution in [0.25, 0.3) is 0 Å². The Bertz CT molecular complexity index is 1110. The van der Waals surface area contributed by atoms with Crippen molar-refractivity contribution in [1.29, 1.82) is 0 Å². The molecule has 2 N–H and O–H groups in total. The molecule has 0 spiro atoms. The van der Waals surface area contributed by atoms with Crippen LogP contribution in [0.3, 0.4) is 0 Å². The third-order valence-corrected chi connectivity index (χ3v) is 6.10. The fourth-order valence-electron chi connectivity index (χ4n) is 4.29. The van der Waals surface area contributed by atoms with E-state index in [1.165, 1.54) is 0 Å². The van der Waals surface area contributed by atoms with Gasteiger partial charge in [0.1, 0.15) is 11.5 Å². The van der Waals surface area contributed by atoms with Crippen molar-refractivity contribution >= 4 is 35.4 Å². The Morgan fingerprint density at radius 1 is 1.15 bits per heavy atom. The molecule has 0 bridgehead atoms. The van der Waals surface area contributed by atoms with Crippen LogP contribution in [0.15, 0.2) is 34.4 Å². The number of amides is 1. The molecule has 2 fully saturated rings. The van der Waals surface area contributed by atoms with Gasteiger partial charge in [0.15, 0.2) is 5.82 Å². The largest absolute Gasteiger partial charge is 0.381 e. The van der Waals surface area contributed by atoms with Gasteiger partial charge in [0, 0.05) is 44.3 Å². The number of benzene rings is 1. The molecule has 1 amide bonds. The van der Waals surface area contributed by atoms with Gasteiger partial charge in [-0.25, -0.2) is 10.4 Å². The minimum Gasteiger partial charge on any atom is -0.381 e. The molecule has 10 nitrogen and oxygen atoms in total. The molecule has 2 aromatic rings. The molecule has 34 heavy (non-hydrogen) atoms. The quantitative estimate of drug-likeness (QED) is 0.498. The van der Waals surface area contributed by atoms with E-state index in [9.17, 15) is 4.79 Å². The van der Waals surface area contributed by atoms with Crippen molar-refractivity contribution in [2.45, 2.75) is 32.2 Å². The van der Waals surface area contributed by atoms with Crippen molar-refractivity contribution in [2.75, 3.05) is 49.8 Å². The summed E-state index contributed by atoms with van der Waals surface area (Å²) in [6.45, 7) is 6.08. The summed E-state index contributed by atoms with van der Waals surface area (Å²) in [5, 5.41) is 7.41. The summed E-state index contributed by atoms with van der Waals surface area (Å²) in [5.41, 5.74) is 6.41. The zero-order valence-corrected chi connectivity index (χ0v) is 19.3. The number of aromatic nitrogens is 2. The van der Waals surface area contributed by atoms with Crippen LogP contribution in [0.2, 0.25) is 0 Å². The van der Waals surface area contributed by atoms with E-state index < -0.39 is 0 Å². The first-order valence-electron chi connectivity index (χ1n) is 11.7. The third kappa shape index (κ3) is 5.23. The van der Waals surface area contributed by atoms with Crippen LogP contribution in [0.5, 0.6) is 0 Å². The second-order valence-electron chi connectivity index (χ2n) is 8.65. The van der Waals surface area contributed by atoms with Gasteiger partial charge in [0.2, 0.25) is 5.95 Å². The molecule has 4 heterocycles. The third-order valence-electron chi connectivity index (χ3n) is 6.10. The number of rotatable bonds is 6. The highest BCUT2D eigenvalue weighted by Crippen LogP contribution is 2.34. The second-order valence-corrected chi connectivity index (χ2v) is 8.65. The molecule has 3 aliphatic rings. The number of nitrogens with one attached hydrogen (secondary N) is 2. The summed E-state index contributed by atoms with van der Waals surface area (Å²) in [7, 11) is 0. The molecular weight excluding hydrogens is 434 g/mol. The summed E-state index contributed by atoms with van der Waals surface area (Å²) < 4.78 is 10.9. The van der Waals surface area contributed by atoms with Gasteiger partial charge in [-0.05, 0) is 25.3 Å². The van der Waals surface area contributed by atoms with Gasteiger partial charge in [0.05, 0.1) is 19.4 Å². The van der Waals surface area contributed by atoms with Crippen molar-refractivity contribution in [1.82, 2.24) is 15.3 Å². The first-order chi connectivity index (χ1) is 16.7. The Morgan fingerprint density at radius 2 is 1.94 bits per heavy atom. The van der Waals surface area contributed by atoms with Gasteiger partial charge in [-0.3, -0.25) is 4.79 Å². The normalized spacial score (nSPS) is 18.6. The molecule has 0 unspecified atom stereocenters. The topological polar surface area (TPSA) is 113 Å². The van der Waals surface area contributed by atoms with E-state index in [2.05, 4.69) is 30.7 Å². The van der Waals surface area contributed by atoms with Gasteiger partial charge < -0.3 is 19.7 Å². The fraction of sp³-hybridized carbons (Fsp3) is 0.458. The van der Waals surface area contributed by atoms with Crippen molar-refractivity contribution in [3.8, 4) is 0 Å². The van der Waals surface area contributed by atoms with E-state index in [4.69, 9.17) is 14.5 Å². The number of aliphatic imine (C=N–C) groups is 1. The van der Waals surface area contributed by atoms with Crippen LogP contribution < -0.4 is 15.6 Å². The summed E-state index contributed by atoms with van der Waals surface area (Å²) in [5.74, 6) is 1.49. The smallest absolute Gasteiger partial charge is 0.266 e. The van der Waals surface area contributed by atoms with Crippen LogP contribution in [0.4, 0.5) is 17.6 Å². The van der Waals surface area contributed by atoms with Crippen LogP contribution in [0, 0.1) is 6.92 Å². The monoisotopic (exact) mass is 463 g/mol. The molecule has 1 aromatic carbocycles. The van der Waals surface area contributed by atoms with E-state index in [-0.39, 0.29) is 11.9 Å². The lowest BCUT2D eigenvalue weighted by Gasteiger charge is -2.29. The lowest BCUT2D eigenvalue weighted by Crippen LogP contribution is -2.42. The number of carbonyl (C=O) groups is 1. The highest BCUT2D eigenvalue weighted by molar-refractivity contribution is 6.41. The SMILES string of the molecule is Cc1cccc(/C=N/Nc2nc3c(c(N4CCOCC4)n2)CC(C(=O)NC2CCOCC2)=N3)c1. The fourth-order valence-corrected chi connectivity index (χ4v) is 4.29. The Hall–Kier alpha value is -3.37. The molecule has 0 aliphatic carbocycles. The Labute approximate surface area is 198 Å². The predicted octanol–water partition coefficient (Wildman–Crippen LogP) is 1.99. The van der Waals surface area contributed by atoms with Gasteiger partial charge in [0.25, 0.3) is 5.91 Å². The number of hydrazone groups is 1. The highest BCUT2D eigenvalue weighted by atomic mass is 16.5. The van der Waals surface area contributed by atoms with Crippen LogP contribution in [-0.2, 0) is 20.7 Å². The number of aryl methyl sites for hydroxylation is 1. The highest BCUT2D eigenvalue weighted by Gasteiger charge is 2.30. The molecule has 0 saturated carbocycles. The van der Waals surface area contributed by atoms with Gasteiger partial charge in [-0.15, -0.1) is 0 Å². The lowest BCUT2D eigenvalue weighted by atomic mass is 10.1. The molecule has 5 rings (SSSR count). The van der Waals surface area contributed by atoms with E-state index >= 15 is 0 Å². The van der Waals surface area contributed by atoms with E-state index in [0.29, 0.717) is 50.3 Å². The number of nitrogens with zero attached hydrogens (tertiary/aromatic N) is 5. The maximum Gasteiger partial charge on any atom is 0.266 e. The maximum atomic E-state index is 12.9. The zero-order chi connectivity index (χ0) is 23.3. The Balaban J connectivity index is 1.36. The first kappa shape index (κ1) is 22.4. The molecule has 178 valence electrons. The molecule has 2 saturated heterocycles. The minimum atomic E-state index is -0.148. The van der Waals surface area contributed by atoms with Crippen LogP contribution in [0.1, 0.15) is 29.5 Å². The molecule has 1 aromatic heterocycles. The maximum absolute atomic E-state index is 12.9. The number of carbonyl (C=O) groups excluding carboxylic acids is 1. The van der Waals surface area contributed by atoms with Gasteiger partial charge in [-0.1, -0.05) is 29.8 Å². The number of hydrogen-bond donors (Lipinski definition) is 2. The summed E-state index contributed by atoms with van der Waals surface area (Å²) >= 11 is 0. The number of morpholine rings is 1. The number of hydrogen-bond acceptors (Lipinski definition) is 9. The number of anilines is 2. The van der Waals surface area contributed by atoms with Crippen LogP contribution >= 0.6 is 0 Å². The summed E-state index contributed by atoms with van der Waals surface area (Å²) in [6.07, 6.45) is 3.77. The van der Waals surface area contributed by atoms with Crippen LogP contribution in [-0.4, -0.2) is 73.4 Å². The van der Waals surface area contributed by atoms with E-state index in [1.807, 2.05) is 31.2 Å². The van der Waals surface area contributed by atoms with Crippen molar-refractivity contribution < 1.29 is 14.3 Å². The molecular formula is C24H29N7O3. The standard InChI is InChI=1S/C24H29N7O3/c1-16-3-2-4-17(13-16)15-25-30-24-28-21-19(22(29-24)31-7-11-34-12-8-31)14-20(27-21)23(32)26-18-5-9-33-10-6-18/h2-4,13,15,18H,5-12,14H2,1H3,(H,26,32)(H,28,29,30)/b25-15+. The number of ether oxygens (including phenoxy) is 2. The lowest BCUT2D eigenvalue weighted by molar-refractivity contribution is -0.116. The first-order valence-corrected chi connectivity index (χ1v) is 11.7. The molecule has 3 aliphatic heterocycles. The average Bonchev–Trinajstić information content (AvgIpc) is 3.29. The van der Waals surface area contributed by atoms with Gasteiger partial charge in [-0.2, -0.15) is 15.1 Å². The summed E-state index contributed by atoms with van der Waals surface area (Å²) in [6, 6.07) is 8.17. The average molecular weight is 464 g/mol. The Kier molecular flexibility index (Phi) is 6.77. The van der Waals surface area contributed by atoms with Gasteiger partial charge >= 0.3 is 0 Å². The molecule has 0 atom stereocenters. The van der Waals surface area contributed by atoms with Crippen molar-refractivity contribution in [3.05, 3.63) is 41.0 Å². The van der Waals surface area contributed by atoms with Crippen molar-refractivity contribution in [3.63, 3.8) is 0 Å². The van der Waals surface area contributed by atoms with E-state index in [0.717, 1.165) is 48.4 Å². The number of fused-ring (bicyclic) bond motifs is 1. The zero-order valence-electron chi connectivity index (χ0n) is 19.3.